The molecule has 0 saturated carbocycles. The van der Waals surface area contributed by atoms with Crippen LogP contribution in [0.4, 0.5) is 0 Å². The third-order valence-electron chi connectivity index (χ3n) is 5.09. The minimum atomic E-state index is -2.46. The second-order valence-electron chi connectivity index (χ2n) is 7.38. The van der Waals surface area contributed by atoms with E-state index in [1.165, 1.54) is 38.6 Å². The fourth-order valence-electron chi connectivity index (χ4n) is 4.07. The van der Waals surface area contributed by atoms with Crippen LogP contribution in [0, 0.1) is 5.92 Å². The SMILES string of the molecule is CC(C)CC1=Cc2c(-c3cccc4ccccc34)cccc2[CH]1[Zr]([Cl])[Cl]. The first kappa shape index (κ1) is 18.5. The number of benzene rings is 3. The molecule has 131 valence electrons. The summed E-state index contributed by atoms with van der Waals surface area (Å²) >= 11 is -2.46. The van der Waals surface area contributed by atoms with Gasteiger partial charge in [0.2, 0.25) is 0 Å². The Labute approximate surface area is 170 Å². The summed E-state index contributed by atoms with van der Waals surface area (Å²) < 4.78 is 0.285. The van der Waals surface area contributed by atoms with E-state index in [0.29, 0.717) is 5.92 Å². The van der Waals surface area contributed by atoms with Gasteiger partial charge >= 0.3 is 172 Å². The van der Waals surface area contributed by atoms with Crippen molar-refractivity contribution in [3.05, 3.63) is 77.4 Å². The van der Waals surface area contributed by atoms with E-state index in [1.54, 1.807) is 0 Å². The Morgan fingerprint density at radius 1 is 0.885 bits per heavy atom. The first-order chi connectivity index (χ1) is 12.6. The zero-order valence-electron chi connectivity index (χ0n) is 15.0. The topological polar surface area (TPSA) is 0 Å². The maximum atomic E-state index is 6.60. The van der Waals surface area contributed by atoms with Crippen molar-refractivity contribution in [3.63, 3.8) is 0 Å². The molecule has 1 unspecified atom stereocenters. The van der Waals surface area contributed by atoms with E-state index in [0.717, 1.165) is 6.42 Å². The standard InChI is InChI=1S/C23H21.2ClH.Zr/c1-16(2)13-17-14-19-9-6-12-22(23(19)15-17)21-11-5-8-18-7-3-4-10-20(18)21;;;/h3-12,14-16H,13H2,1-2H3;2*1H;/q;;;+2/p-2. The van der Waals surface area contributed by atoms with Crippen LogP contribution >= 0.6 is 17.0 Å². The third-order valence-corrected chi connectivity index (χ3v) is 10.4. The van der Waals surface area contributed by atoms with Gasteiger partial charge in [0, 0.05) is 0 Å². The van der Waals surface area contributed by atoms with Crippen LogP contribution in [-0.4, -0.2) is 0 Å². The summed E-state index contributed by atoms with van der Waals surface area (Å²) in [5, 5.41) is 2.57. The minimum absolute atomic E-state index is 0.285. The van der Waals surface area contributed by atoms with Gasteiger partial charge in [-0.15, -0.1) is 0 Å². The van der Waals surface area contributed by atoms with Crippen LogP contribution in [0.25, 0.3) is 28.0 Å². The van der Waals surface area contributed by atoms with E-state index in [2.05, 4.69) is 80.6 Å². The van der Waals surface area contributed by atoms with Crippen LogP contribution in [0.3, 0.4) is 0 Å². The van der Waals surface area contributed by atoms with Gasteiger partial charge in [-0.2, -0.15) is 0 Å². The molecule has 0 saturated heterocycles. The quantitative estimate of drug-likeness (QED) is 0.372. The second-order valence-corrected chi connectivity index (χ2v) is 16.2. The first-order valence-corrected chi connectivity index (χ1v) is 16.8. The van der Waals surface area contributed by atoms with E-state index in [4.69, 9.17) is 17.0 Å². The molecule has 4 rings (SSSR count). The molecule has 0 N–H and O–H groups in total. The average Bonchev–Trinajstić information content (AvgIpc) is 2.98. The zero-order valence-corrected chi connectivity index (χ0v) is 18.9. The molecule has 0 nitrogen and oxygen atoms in total. The molecule has 0 bridgehead atoms. The van der Waals surface area contributed by atoms with Gasteiger partial charge in [-0.1, -0.05) is 0 Å². The van der Waals surface area contributed by atoms with Crippen molar-refractivity contribution in [2.45, 2.75) is 23.9 Å². The Hall–Kier alpha value is -0.877. The van der Waals surface area contributed by atoms with Crippen molar-refractivity contribution in [1.82, 2.24) is 0 Å². The molecule has 1 atom stereocenters. The number of allylic oxidation sites excluding steroid dienone is 1. The number of halogens is 2. The van der Waals surface area contributed by atoms with Crippen molar-refractivity contribution in [1.29, 1.82) is 0 Å². The normalized spacial score (nSPS) is 16.0. The molecule has 0 fully saturated rings. The first-order valence-electron chi connectivity index (χ1n) is 9.05. The summed E-state index contributed by atoms with van der Waals surface area (Å²) in [5.41, 5.74) is 6.67. The predicted octanol–water partition coefficient (Wildman–Crippen LogP) is 7.92. The van der Waals surface area contributed by atoms with Gasteiger partial charge in [-0.05, 0) is 0 Å². The Bertz CT molecular complexity index is 983. The zero-order chi connectivity index (χ0) is 18.3. The Morgan fingerprint density at radius 2 is 1.58 bits per heavy atom. The molecule has 0 aliphatic heterocycles. The number of hydrogen-bond acceptors (Lipinski definition) is 0. The molecule has 1 aliphatic rings. The van der Waals surface area contributed by atoms with Crippen LogP contribution in [0.15, 0.2) is 66.2 Å². The molecule has 0 amide bonds. The van der Waals surface area contributed by atoms with Crippen LogP contribution < -0.4 is 0 Å². The molecular weight excluding hydrogens is 438 g/mol. The Morgan fingerprint density at radius 3 is 2.35 bits per heavy atom. The van der Waals surface area contributed by atoms with Crippen molar-refractivity contribution in [2.75, 3.05) is 0 Å². The molecule has 3 heteroatoms. The van der Waals surface area contributed by atoms with Gasteiger partial charge in [0.25, 0.3) is 0 Å². The van der Waals surface area contributed by atoms with Crippen LogP contribution in [0.2, 0.25) is 0 Å². The molecular formula is C23H21Cl2Zr. The van der Waals surface area contributed by atoms with Crippen LogP contribution in [0.5, 0.6) is 0 Å². The number of rotatable bonds is 4. The van der Waals surface area contributed by atoms with E-state index in [1.807, 2.05) is 0 Å². The molecule has 1 aliphatic carbocycles. The summed E-state index contributed by atoms with van der Waals surface area (Å²) in [4.78, 5) is 0. The predicted molar refractivity (Wildman–Crippen MR) is 111 cm³/mol. The van der Waals surface area contributed by atoms with Crippen molar-refractivity contribution >= 4 is 33.9 Å². The van der Waals surface area contributed by atoms with E-state index in [-0.39, 0.29) is 3.63 Å². The Balaban J connectivity index is 1.93. The maximum absolute atomic E-state index is 6.60. The van der Waals surface area contributed by atoms with Crippen molar-refractivity contribution < 1.29 is 19.4 Å². The summed E-state index contributed by atoms with van der Waals surface area (Å²) in [5.74, 6) is 0.607. The average molecular weight is 460 g/mol. The van der Waals surface area contributed by atoms with Gasteiger partial charge in [0.05, 0.1) is 0 Å². The molecule has 3 aromatic rings. The van der Waals surface area contributed by atoms with Gasteiger partial charge in [-0.3, -0.25) is 0 Å². The fourth-order valence-corrected chi connectivity index (χ4v) is 9.49. The molecule has 0 aromatic heterocycles. The van der Waals surface area contributed by atoms with Crippen LogP contribution in [0.1, 0.15) is 35.0 Å². The summed E-state index contributed by atoms with van der Waals surface area (Å²) in [7, 11) is 13.2. The van der Waals surface area contributed by atoms with Crippen molar-refractivity contribution in [2.24, 2.45) is 5.92 Å². The molecule has 0 heterocycles. The van der Waals surface area contributed by atoms with E-state index < -0.39 is 19.4 Å². The fraction of sp³-hybridized carbons (Fsp3) is 0.217. The van der Waals surface area contributed by atoms with Crippen LogP contribution in [-0.2, 0) is 19.4 Å². The van der Waals surface area contributed by atoms with Gasteiger partial charge < -0.3 is 0 Å². The van der Waals surface area contributed by atoms with Gasteiger partial charge in [0.15, 0.2) is 0 Å². The van der Waals surface area contributed by atoms with E-state index >= 15 is 0 Å². The number of fused-ring (bicyclic) bond motifs is 2. The molecule has 0 radical (unpaired) electrons. The third kappa shape index (κ3) is 3.35. The summed E-state index contributed by atoms with van der Waals surface area (Å²) in [6.07, 6.45) is 3.44. The van der Waals surface area contributed by atoms with Gasteiger partial charge in [0.1, 0.15) is 0 Å². The Kier molecular flexibility index (Phi) is 5.42. The summed E-state index contributed by atoms with van der Waals surface area (Å²) in [6.45, 7) is 4.52. The molecule has 3 aromatic carbocycles. The van der Waals surface area contributed by atoms with Gasteiger partial charge in [-0.25, -0.2) is 0 Å². The summed E-state index contributed by atoms with van der Waals surface area (Å²) in [6, 6.07) is 21.8. The monoisotopic (exact) mass is 457 g/mol. The second kappa shape index (κ2) is 7.63. The molecule has 0 spiro atoms. The van der Waals surface area contributed by atoms with Crippen molar-refractivity contribution in [3.8, 4) is 11.1 Å². The molecule has 26 heavy (non-hydrogen) atoms. The number of hydrogen-bond donors (Lipinski definition) is 0. The van der Waals surface area contributed by atoms with E-state index in [9.17, 15) is 0 Å².